The Bertz CT molecular complexity index is 619. The quantitative estimate of drug-likeness (QED) is 0.868. The van der Waals surface area contributed by atoms with Gasteiger partial charge in [-0.2, -0.15) is 0 Å². The highest BCUT2D eigenvalue weighted by Crippen LogP contribution is 2.29. The van der Waals surface area contributed by atoms with Gasteiger partial charge in [-0.25, -0.2) is 4.39 Å². The van der Waals surface area contributed by atoms with E-state index in [0.29, 0.717) is 11.1 Å². The lowest BCUT2D eigenvalue weighted by Gasteiger charge is -2.13. The van der Waals surface area contributed by atoms with E-state index >= 15 is 0 Å². The summed E-state index contributed by atoms with van der Waals surface area (Å²) in [5, 5.41) is 10.4. The van der Waals surface area contributed by atoms with E-state index in [1.807, 2.05) is 6.07 Å². The predicted molar refractivity (Wildman–Crippen MR) is 73.7 cm³/mol. The zero-order valence-electron chi connectivity index (χ0n) is 11.0. The summed E-state index contributed by atoms with van der Waals surface area (Å²) in [6, 6.07) is 11.0. The van der Waals surface area contributed by atoms with Crippen molar-refractivity contribution in [3.8, 4) is 0 Å². The lowest BCUT2D eigenvalue weighted by Crippen LogP contribution is -2.01. The van der Waals surface area contributed by atoms with E-state index in [-0.39, 0.29) is 5.82 Å². The first-order valence-corrected chi connectivity index (χ1v) is 6.71. The van der Waals surface area contributed by atoms with Crippen molar-refractivity contribution in [2.75, 3.05) is 0 Å². The van der Waals surface area contributed by atoms with Crippen molar-refractivity contribution in [1.29, 1.82) is 0 Å². The molecule has 0 aromatic heterocycles. The number of halogens is 1. The van der Waals surface area contributed by atoms with Gasteiger partial charge in [0.1, 0.15) is 11.9 Å². The summed E-state index contributed by atoms with van der Waals surface area (Å²) in [7, 11) is 0. The Morgan fingerprint density at radius 2 is 1.68 bits per heavy atom. The van der Waals surface area contributed by atoms with Crippen molar-refractivity contribution in [3.63, 3.8) is 0 Å². The van der Waals surface area contributed by atoms with Crippen LogP contribution in [0.15, 0.2) is 36.4 Å². The Morgan fingerprint density at radius 1 is 1.00 bits per heavy atom. The maximum atomic E-state index is 13.6. The minimum atomic E-state index is -0.749. The largest absolute Gasteiger partial charge is 0.384 e. The fourth-order valence-electron chi connectivity index (χ4n) is 2.73. The van der Waals surface area contributed by atoms with E-state index < -0.39 is 6.10 Å². The maximum absolute atomic E-state index is 13.6. The van der Waals surface area contributed by atoms with Crippen LogP contribution in [0.4, 0.5) is 4.39 Å². The van der Waals surface area contributed by atoms with E-state index in [9.17, 15) is 9.50 Å². The molecule has 98 valence electrons. The molecule has 0 heterocycles. The van der Waals surface area contributed by atoms with Crippen LogP contribution in [-0.4, -0.2) is 5.11 Å². The molecule has 0 bridgehead atoms. The summed E-state index contributed by atoms with van der Waals surface area (Å²) in [4.78, 5) is 0. The number of rotatable bonds is 2. The van der Waals surface area contributed by atoms with Crippen LogP contribution in [0.25, 0.3) is 0 Å². The molecule has 0 radical (unpaired) electrons. The van der Waals surface area contributed by atoms with Crippen LogP contribution in [0.3, 0.4) is 0 Å². The Morgan fingerprint density at radius 3 is 2.47 bits per heavy atom. The fourth-order valence-corrected chi connectivity index (χ4v) is 2.73. The van der Waals surface area contributed by atoms with Crippen molar-refractivity contribution in [3.05, 3.63) is 70.0 Å². The number of aliphatic hydroxyl groups excluding tert-OH is 1. The Kier molecular flexibility index (Phi) is 3.11. The molecule has 1 aliphatic carbocycles. The van der Waals surface area contributed by atoms with Gasteiger partial charge in [-0.05, 0) is 60.1 Å². The van der Waals surface area contributed by atoms with Crippen molar-refractivity contribution in [2.24, 2.45) is 0 Å². The molecule has 1 N–H and O–H groups in total. The van der Waals surface area contributed by atoms with Crippen LogP contribution >= 0.6 is 0 Å². The van der Waals surface area contributed by atoms with Crippen LogP contribution < -0.4 is 0 Å². The van der Waals surface area contributed by atoms with E-state index in [2.05, 4.69) is 12.1 Å². The molecular formula is C17H17FO. The normalized spacial score (nSPS) is 15.3. The third-order valence-electron chi connectivity index (χ3n) is 3.95. The topological polar surface area (TPSA) is 20.2 Å². The second-order valence-electron chi connectivity index (χ2n) is 5.29. The van der Waals surface area contributed by atoms with Crippen molar-refractivity contribution >= 4 is 0 Å². The zero-order valence-corrected chi connectivity index (χ0v) is 11.0. The van der Waals surface area contributed by atoms with Crippen LogP contribution in [0, 0.1) is 12.7 Å². The first-order chi connectivity index (χ1) is 9.15. The third-order valence-corrected chi connectivity index (χ3v) is 3.95. The van der Waals surface area contributed by atoms with Gasteiger partial charge in [0.05, 0.1) is 0 Å². The summed E-state index contributed by atoms with van der Waals surface area (Å²) in [5.74, 6) is -0.266. The molecule has 0 aliphatic heterocycles. The zero-order chi connectivity index (χ0) is 13.4. The molecule has 2 aromatic carbocycles. The monoisotopic (exact) mass is 256 g/mol. The number of aryl methyl sites for hydroxylation is 3. The molecule has 19 heavy (non-hydrogen) atoms. The lowest BCUT2D eigenvalue weighted by molar-refractivity contribution is 0.219. The smallest absolute Gasteiger partial charge is 0.126 e. The number of benzene rings is 2. The summed E-state index contributed by atoms with van der Waals surface area (Å²) in [6.45, 7) is 1.72. The highest BCUT2D eigenvalue weighted by atomic mass is 19.1. The van der Waals surface area contributed by atoms with Crippen molar-refractivity contribution in [2.45, 2.75) is 32.3 Å². The van der Waals surface area contributed by atoms with Gasteiger partial charge in [-0.1, -0.05) is 30.3 Å². The molecular weight excluding hydrogens is 239 g/mol. The van der Waals surface area contributed by atoms with E-state index in [1.54, 1.807) is 19.1 Å². The van der Waals surface area contributed by atoms with Gasteiger partial charge in [-0.3, -0.25) is 0 Å². The molecule has 2 heteroatoms. The maximum Gasteiger partial charge on any atom is 0.126 e. The van der Waals surface area contributed by atoms with Gasteiger partial charge in [0, 0.05) is 0 Å². The van der Waals surface area contributed by atoms with Gasteiger partial charge in [-0.15, -0.1) is 0 Å². The standard InChI is InChI=1S/C17H17FO/c1-11-5-6-15(10-16(11)18)17(19)14-8-7-12-3-2-4-13(12)9-14/h5-10,17,19H,2-4H2,1H3. The molecule has 1 aliphatic rings. The van der Waals surface area contributed by atoms with Crippen LogP contribution in [0.5, 0.6) is 0 Å². The molecule has 1 atom stereocenters. The van der Waals surface area contributed by atoms with Crippen LogP contribution in [0.1, 0.15) is 40.3 Å². The number of hydrogen-bond donors (Lipinski definition) is 1. The molecule has 0 fully saturated rings. The third kappa shape index (κ3) is 2.28. The number of aliphatic hydroxyl groups is 1. The Labute approximate surface area is 112 Å². The Balaban J connectivity index is 1.94. The molecule has 1 nitrogen and oxygen atoms in total. The number of hydrogen-bond acceptors (Lipinski definition) is 1. The molecule has 2 aromatic rings. The highest BCUT2D eigenvalue weighted by molar-refractivity contribution is 5.39. The first kappa shape index (κ1) is 12.4. The second kappa shape index (κ2) is 4.78. The molecule has 0 saturated heterocycles. The minimum absolute atomic E-state index is 0.266. The van der Waals surface area contributed by atoms with Crippen molar-refractivity contribution in [1.82, 2.24) is 0 Å². The average molecular weight is 256 g/mol. The molecule has 0 amide bonds. The first-order valence-electron chi connectivity index (χ1n) is 6.71. The van der Waals surface area contributed by atoms with E-state index in [0.717, 1.165) is 18.4 Å². The predicted octanol–water partition coefficient (Wildman–Crippen LogP) is 3.70. The Hall–Kier alpha value is -1.67. The van der Waals surface area contributed by atoms with Crippen molar-refractivity contribution < 1.29 is 9.50 Å². The average Bonchev–Trinajstić information content (AvgIpc) is 2.88. The minimum Gasteiger partial charge on any atom is -0.384 e. The molecule has 1 unspecified atom stereocenters. The van der Waals surface area contributed by atoms with Crippen LogP contribution in [0.2, 0.25) is 0 Å². The van der Waals surface area contributed by atoms with Gasteiger partial charge in [0.25, 0.3) is 0 Å². The van der Waals surface area contributed by atoms with Gasteiger partial charge >= 0.3 is 0 Å². The molecule has 0 spiro atoms. The van der Waals surface area contributed by atoms with Crippen LogP contribution in [-0.2, 0) is 12.8 Å². The summed E-state index contributed by atoms with van der Waals surface area (Å²) in [6.07, 6.45) is 2.65. The van der Waals surface area contributed by atoms with E-state index in [1.165, 1.54) is 23.6 Å². The van der Waals surface area contributed by atoms with E-state index in [4.69, 9.17) is 0 Å². The van der Waals surface area contributed by atoms with Gasteiger partial charge in [0.15, 0.2) is 0 Å². The number of fused-ring (bicyclic) bond motifs is 1. The SMILES string of the molecule is Cc1ccc(C(O)c2ccc3c(c2)CCC3)cc1F. The van der Waals surface area contributed by atoms with Gasteiger partial charge in [0.2, 0.25) is 0 Å². The highest BCUT2D eigenvalue weighted by Gasteiger charge is 2.16. The molecule has 3 rings (SSSR count). The summed E-state index contributed by atoms with van der Waals surface area (Å²) >= 11 is 0. The summed E-state index contributed by atoms with van der Waals surface area (Å²) < 4.78 is 13.6. The fraction of sp³-hybridized carbons (Fsp3) is 0.294. The lowest BCUT2D eigenvalue weighted by atomic mass is 9.97. The second-order valence-corrected chi connectivity index (χ2v) is 5.29. The summed E-state index contributed by atoms with van der Waals surface area (Å²) in [5.41, 5.74) is 4.77. The molecule has 0 saturated carbocycles. The van der Waals surface area contributed by atoms with Gasteiger partial charge < -0.3 is 5.11 Å².